The van der Waals surface area contributed by atoms with Gasteiger partial charge >= 0.3 is 11.7 Å². The molecule has 11 heteroatoms. The molecule has 3 aromatic carbocycles. The maximum absolute atomic E-state index is 12.3. The molecule has 0 bridgehead atoms. The molecule has 9 nitrogen and oxygen atoms in total. The van der Waals surface area contributed by atoms with E-state index < -0.39 is 23.4 Å². The Morgan fingerprint density at radius 3 is 2.55 bits per heavy atom. The molecular weight excluding hydrogens is 562 g/mol. The molecule has 0 saturated carbocycles. The summed E-state index contributed by atoms with van der Waals surface area (Å²) in [5.74, 6) is -0.859. The summed E-state index contributed by atoms with van der Waals surface area (Å²) in [5.41, 5.74) is 2.96. The van der Waals surface area contributed by atoms with E-state index in [1.807, 2.05) is 0 Å². The van der Waals surface area contributed by atoms with E-state index in [2.05, 4.69) is 42.4 Å². The van der Waals surface area contributed by atoms with Crippen LogP contribution in [0.4, 0.5) is 5.69 Å². The molecule has 0 aromatic heterocycles. The van der Waals surface area contributed by atoms with Crippen molar-refractivity contribution in [3.05, 3.63) is 96.9 Å². The Labute approximate surface area is 204 Å². The summed E-state index contributed by atoms with van der Waals surface area (Å²) >= 11 is 6.45. The molecule has 0 spiro atoms. The molecule has 3 rings (SSSR count). The summed E-state index contributed by atoms with van der Waals surface area (Å²) in [4.78, 5) is 34.7. The first kappa shape index (κ1) is 24.1. The van der Waals surface area contributed by atoms with Gasteiger partial charge in [-0.25, -0.2) is 10.2 Å². The molecular formula is C22H15Br2N3O6. The van der Waals surface area contributed by atoms with Crippen molar-refractivity contribution >= 4 is 55.6 Å². The lowest BCUT2D eigenvalue weighted by Crippen LogP contribution is -2.24. The average Bonchev–Trinajstić information content (AvgIpc) is 2.78. The Morgan fingerprint density at radius 2 is 1.79 bits per heavy atom. The summed E-state index contributed by atoms with van der Waals surface area (Å²) in [5, 5.41) is 14.9. The standard InChI is InChI=1S/C22H15Br2N3O6/c23-16-5-2-4-15(10-16)22(29)33-18-6-1-3-14(9-18)12-25-26-21(28)13-32-20-8-7-17(24)11-19(20)27(30)31/h1-12H,13H2,(H,26,28)/b25-12+. The van der Waals surface area contributed by atoms with Gasteiger partial charge in [0.25, 0.3) is 5.91 Å². The van der Waals surface area contributed by atoms with Crippen molar-refractivity contribution in [3.63, 3.8) is 0 Å². The Morgan fingerprint density at radius 1 is 1.03 bits per heavy atom. The molecule has 0 aliphatic rings. The van der Waals surface area contributed by atoms with Gasteiger partial charge < -0.3 is 9.47 Å². The zero-order valence-corrected chi connectivity index (χ0v) is 19.9. The fourth-order valence-corrected chi connectivity index (χ4v) is 3.30. The van der Waals surface area contributed by atoms with E-state index in [0.717, 1.165) is 4.47 Å². The van der Waals surface area contributed by atoms with Gasteiger partial charge in [-0.05, 0) is 48.0 Å². The fraction of sp³-hybridized carbons (Fsp3) is 0.0455. The van der Waals surface area contributed by atoms with Gasteiger partial charge in [0.2, 0.25) is 0 Å². The summed E-state index contributed by atoms with van der Waals surface area (Å²) in [6.07, 6.45) is 1.36. The van der Waals surface area contributed by atoms with Gasteiger partial charge in [-0.1, -0.05) is 50.1 Å². The van der Waals surface area contributed by atoms with Crippen molar-refractivity contribution in [3.8, 4) is 11.5 Å². The van der Waals surface area contributed by atoms with Crippen LogP contribution in [0.3, 0.4) is 0 Å². The van der Waals surface area contributed by atoms with Gasteiger partial charge in [0.15, 0.2) is 12.4 Å². The van der Waals surface area contributed by atoms with Crippen LogP contribution in [0.25, 0.3) is 0 Å². The second kappa shape index (κ2) is 11.3. The zero-order valence-electron chi connectivity index (χ0n) is 16.7. The topological polar surface area (TPSA) is 120 Å². The fourth-order valence-electron chi connectivity index (χ4n) is 2.55. The lowest BCUT2D eigenvalue weighted by molar-refractivity contribution is -0.385. The largest absolute Gasteiger partial charge is 0.477 e. The molecule has 0 atom stereocenters. The monoisotopic (exact) mass is 575 g/mol. The van der Waals surface area contributed by atoms with Gasteiger partial charge in [0.05, 0.1) is 16.7 Å². The third-order valence-electron chi connectivity index (χ3n) is 4.01. The third-order valence-corrected chi connectivity index (χ3v) is 4.99. The van der Waals surface area contributed by atoms with E-state index in [1.165, 1.54) is 18.3 Å². The van der Waals surface area contributed by atoms with Crippen LogP contribution in [0.5, 0.6) is 11.5 Å². The first-order valence-corrected chi connectivity index (χ1v) is 10.9. The van der Waals surface area contributed by atoms with Gasteiger partial charge in [-0.3, -0.25) is 14.9 Å². The van der Waals surface area contributed by atoms with Crippen molar-refractivity contribution in [2.75, 3.05) is 6.61 Å². The number of nitro groups is 1. The summed E-state index contributed by atoms with van der Waals surface area (Å²) in [6.45, 7) is -0.468. The summed E-state index contributed by atoms with van der Waals surface area (Å²) < 4.78 is 11.9. The van der Waals surface area contributed by atoms with Crippen LogP contribution in [0, 0.1) is 10.1 Å². The number of hydrazone groups is 1. The van der Waals surface area contributed by atoms with Crippen LogP contribution in [0.2, 0.25) is 0 Å². The minimum atomic E-state index is -0.610. The predicted molar refractivity (Wildman–Crippen MR) is 128 cm³/mol. The normalized spacial score (nSPS) is 10.6. The number of hydrogen-bond donors (Lipinski definition) is 1. The number of rotatable bonds is 8. The summed E-state index contributed by atoms with van der Waals surface area (Å²) in [6, 6.07) is 17.6. The number of hydrogen-bond acceptors (Lipinski definition) is 7. The second-order valence-electron chi connectivity index (χ2n) is 6.42. The number of ether oxygens (including phenoxy) is 2. The molecule has 3 aromatic rings. The number of benzene rings is 3. The number of nitrogens with zero attached hydrogens (tertiary/aromatic N) is 2. The Kier molecular flexibility index (Phi) is 8.28. The van der Waals surface area contributed by atoms with E-state index in [1.54, 1.807) is 54.6 Å². The van der Waals surface area contributed by atoms with E-state index in [4.69, 9.17) is 9.47 Å². The van der Waals surface area contributed by atoms with Crippen molar-refractivity contribution in [2.45, 2.75) is 0 Å². The van der Waals surface area contributed by atoms with Gasteiger partial charge in [-0.2, -0.15) is 5.10 Å². The molecule has 168 valence electrons. The number of nitro benzene ring substituents is 1. The van der Waals surface area contributed by atoms with Crippen LogP contribution >= 0.6 is 31.9 Å². The molecule has 0 radical (unpaired) electrons. The van der Waals surface area contributed by atoms with Gasteiger partial charge in [0.1, 0.15) is 5.75 Å². The third kappa shape index (κ3) is 7.22. The molecule has 0 fully saturated rings. The second-order valence-corrected chi connectivity index (χ2v) is 8.25. The molecule has 0 unspecified atom stereocenters. The van der Waals surface area contributed by atoms with E-state index in [-0.39, 0.29) is 11.4 Å². The Hall–Kier alpha value is -3.57. The molecule has 0 aliphatic carbocycles. The first-order valence-electron chi connectivity index (χ1n) is 9.28. The molecule has 1 N–H and O–H groups in total. The molecule has 33 heavy (non-hydrogen) atoms. The van der Waals surface area contributed by atoms with Crippen molar-refractivity contribution in [1.82, 2.24) is 5.43 Å². The summed E-state index contributed by atoms with van der Waals surface area (Å²) in [7, 11) is 0. The number of carbonyl (C=O) groups is 2. The van der Waals surface area contributed by atoms with Crippen LogP contribution in [-0.4, -0.2) is 29.6 Å². The van der Waals surface area contributed by atoms with Gasteiger partial charge in [-0.15, -0.1) is 0 Å². The maximum Gasteiger partial charge on any atom is 0.343 e. The Bertz CT molecular complexity index is 1230. The van der Waals surface area contributed by atoms with Crippen LogP contribution in [0.15, 0.2) is 80.8 Å². The maximum atomic E-state index is 12.3. The molecule has 1 amide bonds. The van der Waals surface area contributed by atoms with Crippen molar-refractivity contribution < 1.29 is 24.0 Å². The average molecular weight is 577 g/mol. The quantitative estimate of drug-likeness (QED) is 0.134. The lowest BCUT2D eigenvalue weighted by Gasteiger charge is -2.06. The van der Waals surface area contributed by atoms with Crippen LogP contribution < -0.4 is 14.9 Å². The van der Waals surface area contributed by atoms with Gasteiger partial charge in [0, 0.05) is 15.0 Å². The van der Waals surface area contributed by atoms with E-state index in [9.17, 15) is 19.7 Å². The molecule has 0 saturated heterocycles. The Balaban J connectivity index is 1.55. The highest BCUT2D eigenvalue weighted by Crippen LogP contribution is 2.29. The highest BCUT2D eigenvalue weighted by atomic mass is 79.9. The van der Waals surface area contributed by atoms with E-state index >= 15 is 0 Å². The van der Waals surface area contributed by atoms with E-state index in [0.29, 0.717) is 21.3 Å². The minimum absolute atomic E-state index is 0.0395. The highest BCUT2D eigenvalue weighted by Gasteiger charge is 2.16. The van der Waals surface area contributed by atoms with Crippen molar-refractivity contribution in [2.24, 2.45) is 5.10 Å². The lowest BCUT2D eigenvalue weighted by atomic mass is 10.2. The van der Waals surface area contributed by atoms with Crippen molar-refractivity contribution in [1.29, 1.82) is 0 Å². The number of amides is 1. The number of esters is 1. The molecule has 0 heterocycles. The van der Waals surface area contributed by atoms with Crippen LogP contribution in [-0.2, 0) is 4.79 Å². The smallest absolute Gasteiger partial charge is 0.343 e. The highest BCUT2D eigenvalue weighted by molar-refractivity contribution is 9.10. The SMILES string of the molecule is O=C(COc1ccc(Br)cc1[N+](=O)[O-])N/N=C/c1cccc(OC(=O)c2cccc(Br)c2)c1. The number of carbonyl (C=O) groups excluding carboxylic acids is 2. The number of nitrogens with one attached hydrogen (secondary N) is 1. The van der Waals surface area contributed by atoms with Crippen LogP contribution in [0.1, 0.15) is 15.9 Å². The predicted octanol–water partition coefficient (Wildman–Crippen LogP) is 4.87. The zero-order chi connectivity index (χ0) is 23.8. The molecule has 0 aliphatic heterocycles. The minimum Gasteiger partial charge on any atom is -0.477 e. The first-order chi connectivity index (χ1) is 15.8. The number of halogens is 2.